The van der Waals surface area contributed by atoms with Crippen LogP contribution in [0.1, 0.15) is 67.0 Å². The largest absolute Gasteiger partial charge is 0.490 e. The number of nitrogens with zero attached hydrogens (tertiary/aromatic N) is 7. The molecule has 2 N–H and O–H groups in total. The molecule has 3 saturated heterocycles. The first-order valence-electron chi connectivity index (χ1n) is 19.1. The Hall–Kier alpha value is -5.23. The number of imide groups is 1. The van der Waals surface area contributed by atoms with Gasteiger partial charge in [0.15, 0.2) is 11.5 Å². The number of hydrogen-bond donors (Lipinski definition) is 2. The Labute approximate surface area is 324 Å². The van der Waals surface area contributed by atoms with E-state index in [0.717, 1.165) is 80.6 Å². The van der Waals surface area contributed by atoms with Crippen LogP contribution >= 0.6 is 11.6 Å². The third-order valence-corrected chi connectivity index (χ3v) is 11.5. The monoisotopic (exact) mass is 765 g/mol. The first kappa shape index (κ1) is 36.7. The predicted molar refractivity (Wildman–Crippen MR) is 206 cm³/mol. The van der Waals surface area contributed by atoms with Crippen LogP contribution in [0.3, 0.4) is 0 Å². The molecule has 2 aromatic heterocycles. The SMILES string of the molecule is N#Cc1ccc(O[C@H]2CC[C@H](NC(=O)c3ccc(N4CCO[C@@H](CN5CCC(n6ccc7c(N8CCC(=O)NC8=O)cccc76)CC5)C4)nn3)CC2)cc1Cl. The normalized spacial score (nSPS) is 22.7. The summed E-state index contributed by atoms with van der Waals surface area (Å²) in [6.45, 7) is 5.09. The van der Waals surface area contributed by atoms with Crippen molar-refractivity contribution in [3.8, 4) is 11.8 Å². The second kappa shape index (κ2) is 16.2. The second-order valence-electron chi connectivity index (χ2n) is 14.8. The number of hydrogen-bond acceptors (Lipinski definition) is 10. The van der Waals surface area contributed by atoms with E-state index in [1.54, 1.807) is 29.2 Å². The van der Waals surface area contributed by atoms with Crippen LogP contribution in [0.2, 0.25) is 5.02 Å². The number of halogens is 1. The Balaban J connectivity index is 0.791. The summed E-state index contributed by atoms with van der Waals surface area (Å²) in [5.74, 6) is 0.910. The molecule has 3 aliphatic heterocycles. The van der Waals surface area contributed by atoms with Crippen LogP contribution in [0.5, 0.6) is 5.75 Å². The van der Waals surface area contributed by atoms with Crippen LogP contribution in [-0.4, -0.2) is 102 Å². The molecule has 0 radical (unpaired) electrons. The van der Waals surface area contributed by atoms with E-state index in [0.29, 0.717) is 60.7 Å². The van der Waals surface area contributed by atoms with Gasteiger partial charge in [-0.1, -0.05) is 17.7 Å². The van der Waals surface area contributed by atoms with E-state index in [2.05, 4.69) is 59.6 Å². The van der Waals surface area contributed by atoms with Crippen molar-refractivity contribution < 1.29 is 23.9 Å². The molecule has 8 rings (SSSR count). The molecular formula is C40H44ClN9O5. The number of benzene rings is 2. The van der Waals surface area contributed by atoms with Gasteiger partial charge in [-0.25, -0.2) is 4.79 Å². The molecule has 2 aromatic carbocycles. The molecule has 0 spiro atoms. The minimum Gasteiger partial charge on any atom is -0.490 e. The molecule has 1 aliphatic carbocycles. The molecule has 0 bridgehead atoms. The summed E-state index contributed by atoms with van der Waals surface area (Å²) in [7, 11) is 0. The maximum absolute atomic E-state index is 13.1. The molecular weight excluding hydrogens is 722 g/mol. The molecule has 286 valence electrons. The first-order chi connectivity index (χ1) is 26.8. The zero-order valence-corrected chi connectivity index (χ0v) is 31.3. The molecule has 15 heteroatoms. The Morgan fingerprint density at radius 1 is 1.00 bits per heavy atom. The summed E-state index contributed by atoms with van der Waals surface area (Å²) in [6, 6.07) is 18.9. The Morgan fingerprint density at radius 3 is 2.58 bits per heavy atom. The molecule has 5 heterocycles. The van der Waals surface area contributed by atoms with Gasteiger partial charge in [0.1, 0.15) is 11.8 Å². The standard InChI is InChI=1S/C40H44ClN9O5/c41-33-22-30(7-4-26(33)23-42)55-29-8-5-27(6-9-29)43-39(52)34-10-11-37(46-45-34)48-20-21-54-31(25-48)24-47-16-12-28(13-17-47)49-18-14-32-35(49)2-1-3-36(32)50-19-15-38(51)44-40(50)53/h1-4,7,10-11,14,18,22,27-29,31H,5-6,8-9,12-13,15-17,19-21,24-25H2,(H,43,52)(H,44,51,53)/t27-,29-,31-/m0/s1. The fourth-order valence-corrected chi connectivity index (χ4v) is 8.49. The number of anilines is 2. The minimum atomic E-state index is -0.369. The summed E-state index contributed by atoms with van der Waals surface area (Å²) in [4.78, 5) is 43.6. The van der Waals surface area contributed by atoms with Crippen molar-refractivity contribution in [2.24, 2.45) is 0 Å². The lowest BCUT2D eigenvalue weighted by Crippen LogP contribution is -2.49. The number of nitrogens with one attached hydrogen (secondary N) is 2. The number of piperidine rings is 1. The highest BCUT2D eigenvalue weighted by Crippen LogP contribution is 2.34. The Bertz CT molecular complexity index is 2090. The smallest absolute Gasteiger partial charge is 0.328 e. The van der Waals surface area contributed by atoms with Crippen molar-refractivity contribution in [3.63, 3.8) is 0 Å². The van der Waals surface area contributed by atoms with Crippen molar-refractivity contribution in [3.05, 3.63) is 77.1 Å². The summed E-state index contributed by atoms with van der Waals surface area (Å²) in [5, 5.41) is 24.8. The van der Waals surface area contributed by atoms with Gasteiger partial charge >= 0.3 is 6.03 Å². The number of carbonyl (C=O) groups is 3. The van der Waals surface area contributed by atoms with Crippen LogP contribution in [0, 0.1) is 11.3 Å². The van der Waals surface area contributed by atoms with Gasteiger partial charge in [-0.3, -0.25) is 19.8 Å². The molecule has 55 heavy (non-hydrogen) atoms. The van der Waals surface area contributed by atoms with Crippen molar-refractivity contribution >= 4 is 51.9 Å². The van der Waals surface area contributed by atoms with Gasteiger partial charge in [-0.05, 0) is 81.0 Å². The summed E-state index contributed by atoms with van der Waals surface area (Å²) in [5.41, 5.74) is 2.64. The third-order valence-electron chi connectivity index (χ3n) is 11.2. The topological polar surface area (TPSA) is 158 Å². The minimum absolute atomic E-state index is 0.0216. The highest BCUT2D eigenvalue weighted by atomic mass is 35.5. The van der Waals surface area contributed by atoms with Crippen LogP contribution in [0.25, 0.3) is 10.9 Å². The molecule has 1 atom stereocenters. The summed E-state index contributed by atoms with van der Waals surface area (Å²) in [6.07, 6.45) is 7.63. The van der Waals surface area contributed by atoms with E-state index in [1.165, 1.54) is 0 Å². The molecule has 4 amide bonds. The predicted octanol–water partition coefficient (Wildman–Crippen LogP) is 5.06. The van der Waals surface area contributed by atoms with Crippen molar-refractivity contribution in [2.75, 3.05) is 55.7 Å². The van der Waals surface area contributed by atoms with Crippen LogP contribution in [0.4, 0.5) is 16.3 Å². The number of aromatic nitrogens is 3. The van der Waals surface area contributed by atoms with Gasteiger partial charge < -0.3 is 29.2 Å². The average molecular weight is 766 g/mol. The van der Waals surface area contributed by atoms with Gasteiger partial charge in [0, 0.05) is 75.4 Å². The van der Waals surface area contributed by atoms with Crippen LogP contribution in [0.15, 0.2) is 60.8 Å². The quantitative estimate of drug-likeness (QED) is 0.236. The fraction of sp³-hybridized carbons (Fsp3) is 0.450. The highest BCUT2D eigenvalue weighted by Gasteiger charge is 2.30. The lowest BCUT2D eigenvalue weighted by molar-refractivity contribution is -0.120. The fourth-order valence-electron chi connectivity index (χ4n) is 8.28. The number of urea groups is 1. The number of nitriles is 1. The van der Waals surface area contributed by atoms with E-state index < -0.39 is 0 Å². The molecule has 14 nitrogen and oxygen atoms in total. The maximum atomic E-state index is 13.1. The number of ether oxygens (including phenoxy) is 2. The molecule has 0 unspecified atom stereocenters. The zero-order valence-electron chi connectivity index (χ0n) is 30.5. The molecule has 4 aromatic rings. The van der Waals surface area contributed by atoms with Crippen LogP contribution < -0.4 is 25.2 Å². The molecule has 4 aliphatic rings. The van der Waals surface area contributed by atoms with Crippen molar-refractivity contribution in [1.82, 2.24) is 30.3 Å². The first-order valence-corrected chi connectivity index (χ1v) is 19.5. The van der Waals surface area contributed by atoms with Crippen molar-refractivity contribution in [1.29, 1.82) is 5.26 Å². The highest BCUT2D eigenvalue weighted by molar-refractivity contribution is 6.31. The van der Waals surface area contributed by atoms with Gasteiger partial charge in [0.2, 0.25) is 5.91 Å². The number of rotatable bonds is 9. The van der Waals surface area contributed by atoms with Gasteiger partial charge in [0.05, 0.1) is 40.6 Å². The third kappa shape index (κ3) is 8.24. The van der Waals surface area contributed by atoms with E-state index in [9.17, 15) is 14.4 Å². The lowest BCUT2D eigenvalue weighted by Gasteiger charge is -2.38. The second-order valence-corrected chi connectivity index (χ2v) is 15.2. The number of carbonyl (C=O) groups excluding carboxylic acids is 3. The average Bonchev–Trinajstić information content (AvgIpc) is 3.64. The molecule has 4 fully saturated rings. The molecule has 1 saturated carbocycles. The zero-order chi connectivity index (χ0) is 37.9. The lowest BCUT2D eigenvalue weighted by atomic mass is 9.93. The Kier molecular flexibility index (Phi) is 10.8. The maximum Gasteiger partial charge on any atom is 0.328 e. The van der Waals surface area contributed by atoms with Gasteiger partial charge in [0.25, 0.3) is 5.91 Å². The van der Waals surface area contributed by atoms with Crippen LogP contribution in [-0.2, 0) is 9.53 Å². The van der Waals surface area contributed by atoms with E-state index >= 15 is 0 Å². The van der Waals surface area contributed by atoms with E-state index in [1.807, 2.05) is 18.2 Å². The number of likely N-dealkylation sites (tertiary alicyclic amines) is 1. The van der Waals surface area contributed by atoms with Gasteiger partial charge in [-0.15, -0.1) is 10.2 Å². The van der Waals surface area contributed by atoms with Gasteiger partial charge in [-0.2, -0.15) is 5.26 Å². The number of fused-ring (bicyclic) bond motifs is 1. The summed E-state index contributed by atoms with van der Waals surface area (Å²) >= 11 is 6.15. The van der Waals surface area contributed by atoms with E-state index in [4.69, 9.17) is 26.3 Å². The van der Waals surface area contributed by atoms with E-state index in [-0.39, 0.29) is 36.1 Å². The van der Waals surface area contributed by atoms with Crippen molar-refractivity contribution in [2.45, 2.75) is 69.2 Å². The number of amides is 4. The number of morpholine rings is 1. The summed E-state index contributed by atoms with van der Waals surface area (Å²) < 4.78 is 14.6. The Morgan fingerprint density at radius 2 is 1.84 bits per heavy atom.